The van der Waals surface area contributed by atoms with E-state index in [0.717, 1.165) is 28.7 Å². The monoisotopic (exact) mass is 564 g/mol. The third kappa shape index (κ3) is 5.54. The standard InChI is InChI=1S/C29H30BrFN4O2/c1-20-9-10-24(29(37)35-17-15-33(16-18-35)26-8-3-2-7-25(26)31)27(32-20)21-11-13-34(14-12-21)28(36)22-5-4-6-23(30)19-22/h2-10,19,21H,11-18H2,1H3. The highest BCUT2D eigenvalue weighted by Gasteiger charge is 2.31. The number of amides is 2. The molecule has 3 aromatic rings. The normalized spacial score (nSPS) is 16.7. The lowest BCUT2D eigenvalue weighted by Crippen LogP contribution is -2.49. The molecule has 0 bridgehead atoms. The number of aryl methyl sites for hydroxylation is 1. The average Bonchev–Trinajstić information content (AvgIpc) is 2.93. The number of halogens is 2. The minimum Gasteiger partial charge on any atom is -0.366 e. The molecule has 2 aliphatic heterocycles. The number of piperazine rings is 1. The van der Waals surface area contributed by atoms with Gasteiger partial charge in [-0.2, -0.15) is 0 Å². The summed E-state index contributed by atoms with van der Waals surface area (Å²) >= 11 is 3.44. The van der Waals surface area contributed by atoms with Gasteiger partial charge in [-0.25, -0.2) is 4.39 Å². The van der Waals surface area contributed by atoms with Crippen LogP contribution in [-0.4, -0.2) is 65.9 Å². The fourth-order valence-electron chi connectivity index (χ4n) is 5.26. The lowest BCUT2D eigenvalue weighted by atomic mass is 9.89. The summed E-state index contributed by atoms with van der Waals surface area (Å²) < 4.78 is 15.1. The zero-order chi connectivity index (χ0) is 25.9. The Kier molecular flexibility index (Phi) is 7.55. The lowest BCUT2D eigenvalue weighted by Gasteiger charge is -2.37. The van der Waals surface area contributed by atoms with Gasteiger partial charge in [-0.3, -0.25) is 14.6 Å². The van der Waals surface area contributed by atoms with Gasteiger partial charge in [0.1, 0.15) is 5.82 Å². The fourth-order valence-corrected chi connectivity index (χ4v) is 5.66. The lowest BCUT2D eigenvalue weighted by molar-refractivity contribution is 0.0702. The van der Waals surface area contributed by atoms with Gasteiger partial charge in [0.05, 0.1) is 16.9 Å². The van der Waals surface area contributed by atoms with Crippen LogP contribution in [-0.2, 0) is 0 Å². The molecular weight excluding hydrogens is 535 g/mol. The molecule has 2 aliphatic rings. The first-order valence-electron chi connectivity index (χ1n) is 12.7. The third-order valence-corrected chi connectivity index (χ3v) is 7.79. The quantitative estimate of drug-likeness (QED) is 0.433. The number of anilines is 1. The van der Waals surface area contributed by atoms with Crippen molar-refractivity contribution in [3.8, 4) is 0 Å². The van der Waals surface area contributed by atoms with E-state index in [-0.39, 0.29) is 23.5 Å². The molecule has 0 aliphatic carbocycles. The van der Waals surface area contributed by atoms with Crippen molar-refractivity contribution in [3.05, 3.63) is 93.5 Å². The van der Waals surface area contributed by atoms with Gasteiger partial charge < -0.3 is 14.7 Å². The average molecular weight is 565 g/mol. The molecule has 2 fully saturated rings. The van der Waals surface area contributed by atoms with Gasteiger partial charge in [-0.15, -0.1) is 0 Å². The van der Waals surface area contributed by atoms with E-state index in [1.54, 1.807) is 12.1 Å². The number of carbonyl (C=O) groups excluding carboxylic acids is 2. The predicted octanol–water partition coefficient (Wildman–Crippen LogP) is 5.27. The van der Waals surface area contributed by atoms with Gasteiger partial charge in [0.2, 0.25) is 0 Å². The van der Waals surface area contributed by atoms with Crippen molar-refractivity contribution in [2.75, 3.05) is 44.2 Å². The molecule has 3 heterocycles. The van der Waals surface area contributed by atoms with Crippen molar-refractivity contribution >= 4 is 33.4 Å². The second-order valence-electron chi connectivity index (χ2n) is 9.69. The number of nitrogens with zero attached hydrogens (tertiary/aromatic N) is 4. The Morgan fingerprint density at radius 1 is 0.865 bits per heavy atom. The molecule has 8 heteroatoms. The number of hydrogen-bond acceptors (Lipinski definition) is 4. The number of likely N-dealkylation sites (tertiary alicyclic amines) is 1. The van der Waals surface area contributed by atoms with Gasteiger partial charge in [0, 0.05) is 60.9 Å². The first-order valence-corrected chi connectivity index (χ1v) is 13.5. The molecule has 0 spiro atoms. The second kappa shape index (κ2) is 11.0. The molecule has 0 saturated carbocycles. The van der Waals surface area contributed by atoms with E-state index in [2.05, 4.69) is 15.9 Å². The van der Waals surface area contributed by atoms with Crippen LogP contribution in [0, 0.1) is 12.7 Å². The molecule has 5 rings (SSSR count). The Balaban J connectivity index is 1.26. The SMILES string of the molecule is Cc1ccc(C(=O)N2CCN(c3ccccc3F)CC2)c(C2CCN(C(=O)c3cccc(Br)c3)CC2)n1. The Morgan fingerprint density at radius 3 is 2.27 bits per heavy atom. The van der Waals surface area contributed by atoms with Crippen LogP contribution >= 0.6 is 15.9 Å². The Bertz CT molecular complexity index is 1300. The van der Waals surface area contributed by atoms with E-state index in [9.17, 15) is 14.0 Å². The summed E-state index contributed by atoms with van der Waals surface area (Å²) in [6, 6.07) is 18.0. The van der Waals surface area contributed by atoms with Crippen LogP contribution in [0.15, 0.2) is 65.1 Å². The smallest absolute Gasteiger partial charge is 0.255 e. The molecule has 2 aromatic carbocycles. The van der Waals surface area contributed by atoms with Crippen LogP contribution in [0.5, 0.6) is 0 Å². The summed E-state index contributed by atoms with van der Waals surface area (Å²) in [4.78, 5) is 37.1. The molecule has 0 unspecified atom stereocenters. The first-order chi connectivity index (χ1) is 17.9. The van der Waals surface area contributed by atoms with Crippen molar-refractivity contribution in [2.24, 2.45) is 0 Å². The van der Waals surface area contributed by atoms with E-state index in [4.69, 9.17) is 4.98 Å². The summed E-state index contributed by atoms with van der Waals surface area (Å²) in [6.07, 6.45) is 1.52. The molecular formula is C29H30BrFN4O2. The number of aromatic nitrogens is 1. The third-order valence-electron chi connectivity index (χ3n) is 7.29. The van der Waals surface area contributed by atoms with Gasteiger partial charge in [-0.05, 0) is 62.2 Å². The highest BCUT2D eigenvalue weighted by Crippen LogP contribution is 2.31. The van der Waals surface area contributed by atoms with E-state index in [1.165, 1.54) is 6.07 Å². The van der Waals surface area contributed by atoms with Gasteiger partial charge in [0.25, 0.3) is 11.8 Å². The largest absolute Gasteiger partial charge is 0.366 e. The maximum absolute atomic E-state index is 14.2. The van der Waals surface area contributed by atoms with E-state index in [1.807, 2.05) is 64.1 Å². The zero-order valence-corrected chi connectivity index (χ0v) is 22.5. The van der Waals surface area contributed by atoms with Crippen LogP contribution < -0.4 is 4.90 Å². The van der Waals surface area contributed by atoms with Crippen LogP contribution in [0.4, 0.5) is 10.1 Å². The molecule has 1 aromatic heterocycles. The summed E-state index contributed by atoms with van der Waals surface area (Å²) in [6.45, 7) is 5.41. The van der Waals surface area contributed by atoms with E-state index >= 15 is 0 Å². The number of rotatable bonds is 4. The highest BCUT2D eigenvalue weighted by atomic mass is 79.9. The highest BCUT2D eigenvalue weighted by molar-refractivity contribution is 9.10. The van der Waals surface area contributed by atoms with Crippen LogP contribution in [0.25, 0.3) is 0 Å². The van der Waals surface area contributed by atoms with Crippen molar-refractivity contribution in [3.63, 3.8) is 0 Å². The molecule has 2 amide bonds. The topological polar surface area (TPSA) is 56.8 Å². The second-order valence-corrected chi connectivity index (χ2v) is 10.6. The van der Waals surface area contributed by atoms with Gasteiger partial charge in [-0.1, -0.05) is 34.1 Å². The summed E-state index contributed by atoms with van der Waals surface area (Å²) in [5, 5.41) is 0. The van der Waals surface area contributed by atoms with Crippen molar-refractivity contribution in [1.29, 1.82) is 0 Å². The summed E-state index contributed by atoms with van der Waals surface area (Å²) in [5.74, 6) is -0.119. The number of pyridine rings is 1. The summed E-state index contributed by atoms with van der Waals surface area (Å²) in [7, 11) is 0. The molecule has 6 nitrogen and oxygen atoms in total. The molecule has 37 heavy (non-hydrogen) atoms. The molecule has 0 atom stereocenters. The number of benzene rings is 2. The summed E-state index contributed by atoms with van der Waals surface area (Å²) in [5.41, 5.74) is 3.60. The van der Waals surface area contributed by atoms with Gasteiger partial charge >= 0.3 is 0 Å². The van der Waals surface area contributed by atoms with Crippen molar-refractivity contribution in [2.45, 2.75) is 25.7 Å². The van der Waals surface area contributed by atoms with Gasteiger partial charge in [0.15, 0.2) is 0 Å². The number of piperidine rings is 1. The maximum Gasteiger partial charge on any atom is 0.255 e. The van der Waals surface area contributed by atoms with Crippen molar-refractivity contribution < 1.29 is 14.0 Å². The molecule has 0 radical (unpaired) electrons. The van der Waals surface area contributed by atoms with E-state index < -0.39 is 0 Å². The Labute approximate surface area is 225 Å². The van der Waals surface area contributed by atoms with Crippen molar-refractivity contribution in [1.82, 2.24) is 14.8 Å². The minimum atomic E-state index is -0.239. The minimum absolute atomic E-state index is 0.0247. The fraction of sp³-hybridized carbons (Fsp3) is 0.345. The van der Waals surface area contributed by atoms with Crippen LogP contribution in [0.1, 0.15) is 50.9 Å². The maximum atomic E-state index is 14.2. The van der Waals surface area contributed by atoms with Crippen LogP contribution in [0.3, 0.4) is 0 Å². The molecule has 2 saturated heterocycles. The molecule has 0 N–H and O–H groups in total. The Morgan fingerprint density at radius 2 is 1.57 bits per heavy atom. The number of hydrogen-bond donors (Lipinski definition) is 0. The predicted molar refractivity (Wildman–Crippen MR) is 146 cm³/mol. The number of carbonyl (C=O) groups is 2. The molecule has 192 valence electrons. The number of para-hydroxylation sites is 1. The van der Waals surface area contributed by atoms with E-state index in [0.29, 0.717) is 56.1 Å². The zero-order valence-electron chi connectivity index (χ0n) is 20.9. The van der Waals surface area contributed by atoms with Crippen LogP contribution in [0.2, 0.25) is 0 Å². The Hall–Kier alpha value is -3.26. The first kappa shape index (κ1) is 25.4.